The normalized spacial score (nSPS) is 23.0. The van der Waals surface area contributed by atoms with Gasteiger partial charge in [0, 0.05) is 18.6 Å². The van der Waals surface area contributed by atoms with Crippen molar-refractivity contribution in [2.24, 2.45) is 11.8 Å². The number of carbonyl (C=O) groups excluding carboxylic acids is 1. The molecule has 0 aliphatic heterocycles. The Morgan fingerprint density at radius 3 is 2.09 bits per heavy atom. The minimum absolute atomic E-state index is 0.296. The highest BCUT2D eigenvalue weighted by molar-refractivity contribution is 5.67. The van der Waals surface area contributed by atoms with Gasteiger partial charge in [0.15, 0.2) is 0 Å². The van der Waals surface area contributed by atoms with Crippen LogP contribution in [0.5, 0.6) is 0 Å². The summed E-state index contributed by atoms with van der Waals surface area (Å²) in [6.45, 7) is 8.71. The zero-order valence-corrected chi connectivity index (χ0v) is 15.5. The van der Waals surface area contributed by atoms with E-state index in [1.807, 2.05) is 20.8 Å². The molecule has 0 aromatic heterocycles. The Labute approximate surface area is 142 Å². The standard InChI is InChI=1S/C19H36N2O2/c1-14(15-9-5-6-10-15)21-17(16-11-7-8-12-16)13-20-18(22)23-19(2,3)4/h14-17,21H,5-13H2,1-4H3,(H,20,22). The van der Waals surface area contributed by atoms with E-state index in [1.54, 1.807) is 0 Å². The third-order valence-corrected chi connectivity index (χ3v) is 5.42. The Hall–Kier alpha value is -0.770. The number of alkyl carbamates (subject to hydrolysis) is 1. The van der Waals surface area contributed by atoms with E-state index in [9.17, 15) is 4.79 Å². The minimum Gasteiger partial charge on any atom is -0.444 e. The molecule has 2 atom stereocenters. The topological polar surface area (TPSA) is 50.4 Å². The Morgan fingerprint density at radius 2 is 1.57 bits per heavy atom. The number of hydrogen-bond donors (Lipinski definition) is 2. The summed E-state index contributed by atoms with van der Waals surface area (Å²) in [4.78, 5) is 12.0. The molecule has 0 aromatic carbocycles. The molecule has 2 rings (SSSR count). The van der Waals surface area contributed by atoms with Gasteiger partial charge < -0.3 is 15.4 Å². The lowest BCUT2D eigenvalue weighted by atomic mass is 9.93. The Kier molecular flexibility index (Phi) is 6.75. The maximum atomic E-state index is 12.0. The average molecular weight is 325 g/mol. The molecule has 2 aliphatic carbocycles. The second-order valence-corrected chi connectivity index (χ2v) is 8.53. The highest BCUT2D eigenvalue weighted by Crippen LogP contribution is 2.31. The summed E-state index contributed by atoms with van der Waals surface area (Å²) in [7, 11) is 0. The van der Waals surface area contributed by atoms with Gasteiger partial charge in [-0.1, -0.05) is 25.7 Å². The van der Waals surface area contributed by atoms with Crippen molar-refractivity contribution in [2.75, 3.05) is 6.54 Å². The van der Waals surface area contributed by atoms with Crippen molar-refractivity contribution in [3.63, 3.8) is 0 Å². The monoisotopic (exact) mass is 324 g/mol. The van der Waals surface area contributed by atoms with E-state index in [0.717, 1.165) is 5.92 Å². The molecule has 0 spiro atoms. The third-order valence-electron chi connectivity index (χ3n) is 5.42. The quantitative estimate of drug-likeness (QED) is 0.768. The van der Waals surface area contributed by atoms with E-state index in [0.29, 0.717) is 24.5 Å². The molecular weight excluding hydrogens is 288 g/mol. The predicted octanol–water partition coefficient (Wildman–Crippen LogP) is 4.24. The molecule has 0 saturated heterocycles. The van der Waals surface area contributed by atoms with Crippen molar-refractivity contribution >= 4 is 6.09 Å². The molecule has 0 aromatic rings. The van der Waals surface area contributed by atoms with E-state index >= 15 is 0 Å². The predicted molar refractivity (Wildman–Crippen MR) is 94.5 cm³/mol. The number of amides is 1. The van der Waals surface area contributed by atoms with Crippen molar-refractivity contribution in [3.8, 4) is 0 Å². The van der Waals surface area contributed by atoms with Gasteiger partial charge in [0.05, 0.1) is 0 Å². The van der Waals surface area contributed by atoms with Crippen LogP contribution in [0.25, 0.3) is 0 Å². The van der Waals surface area contributed by atoms with Crippen LogP contribution < -0.4 is 10.6 Å². The van der Waals surface area contributed by atoms with E-state index in [-0.39, 0.29) is 6.09 Å². The van der Waals surface area contributed by atoms with Gasteiger partial charge in [-0.3, -0.25) is 0 Å². The molecule has 134 valence electrons. The summed E-state index contributed by atoms with van der Waals surface area (Å²) < 4.78 is 5.38. The summed E-state index contributed by atoms with van der Waals surface area (Å²) in [6.07, 6.45) is 10.4. The van der Waals surface area contributed by atoms with Gasteiger partial charge in [0.25, 0.3) is 0 Å². The van der Waals surface area contributed by atoms with Crippen molar-refractivity contribution in [3.05, 3.63) is 0 Å². The molecule has 2 N–H and O–H groups in total. The molecule has 0 radical (unpaired) electrons. The number of carbonyl (C=O) groups is 1. The average Bonchev–Trinajstić information content (AvgIpc) is 3.13. The van der Waals surface area contributed by atoms with Gasteiger partial charge in [-0.2, -0.15) is 0 Å². The van der Waals surface area contributed by atoms with Crippen LogP contribution in [0.1, 0.15) is 79.1 Å². The van der Waals surface area contributed by atoms with Crippen LogP contribution in [-0.2, 0) is 4.74 Å². The molecule has 2 fully saturated rings. The van der Waals surface area contributed by atoms with Crippen LogP contribution in [0.15, 0.2) is 0 Å². The maximum Gasteiger partial charge on any atom is 0.407 e. The van der Waals surface area contributed by atoms with E-state index in [4.69, 9.17) is 4.74 Å². The lowest BCUT2D eigenvalue weighted by Crippen LogP contribution is -2.50. The van der Waals surface area contributed by atoms with E-state index in [2.05, 4.69) is 17.6 Å². The number of rotatable bonds is 6. The van der Waals surface area contributed by atoms with E-state index < -0.39 is 5.60 Å². The first kappa shape index (κ1) is 18.6. The fraction of sp³-hybridized carbons (Fsp3) is 0.947. The molecule has 0 heterocycles. The zero-order chi connectivity index (χ0) is 16.9. The molecule has 2 unspecified atom stereocenters. The molecular formula is C19H36N2O2. The Bertz CT molecular complexity index is 366. The second-order valence-electron chi connectivity index (χ2n) is 8.53. The highest BCUT2D eigenvalue weighted by Gasteiger charge is 2.30. The third kappa shape index (κ3) is 6.33. The lowest BCUT2D eigenvalue weighted by molar-refractivity contribution is 0.0516. The fourth-order valence-corrected chi connectivity index (χ4v) is 4.16. The molecule has 2 aliphatic rings. The van der Waals surface area contributed by atoms with Gasteiger partial charge in [0.2, 0.25) is 0 Å². The van der Waals surface area contributed by atoms with Crippen molar-refractivity contribution in [1.29, 1.82) is 0 Å². The van der Waals surface area contributed by atoms with Crippen LogP contribution in [0.2, 0.25) is 0 Å². The molecule has 23 heavy (non-hydrogen) atoms. The summed E-state index contributed by atoms with van der Waals surface area (Å²) in [5.74, 6) is 1.49. The van der Waals surface area contributed by atoms with Crippen molar-refractivity contribution < 1.29 is 9.53 Å². The molecule has 4 heteroatoms. The van der Waals surface area contributed by atoms with Crippen molar-refractivity contribution in [1.82, 2.24) is 10.6 Å². The van der Waals surface area contributed by atoms with Gasteiger partial charge in [-0.05, 0) is 65.2 Å². The van der Waals surface area contributed by atoms with Gasteiger partial charge >= 0.3 is 6.09 Å². The maximum absolute atomic E-state index is 12.0. The minimum atomic E-state index is -0.433. The lowest BCUT2D eigenvalue weighted by Gasteiger charge is -2.31. The smallest absolute Gasteiger partial charge is 0.407 e. The van der Waals surface area contributed by atoms with Crippen LogP contribution in [0.3, 0.4) is 0 Å². The SMILES string of the molecule is CC(NC(CNC(=O)OC(C)(C)C)C1CCCC1)C1CCCC1. The second kappa shape index (κ2) is 8.36. The van der Waals surface area contributed by atoms with Gasteiger partial charge in [0.1, 0.15) is 5.60 Å². The summed E-state index contributed by atoms with van der Waals surface area (Å²) in [5.41, 5.74) is -0.433. The van der Waals surface area contributed by atoms with Crippen LogP contribution in [-0.4, -0.2) is 30.3 Å². The van der Waals surface area contributed by atoms with E-state index in [1.165, 1.54) is 51.4 Å². The van der Waals surface area contributed by atoms with Crippen LogP contribution in [0, 0.1) is 11.8 Å². The largest absolute Gasteiger partial charge is 0.444 e. The molecule has 4 nitrogen and oxygen atoms in total. The highest BCUT2D eigenvalue weighted by atomic mass is 16.6. The van der Waals surface area contributed by atoms with Gasteiger partial charge in [-0.25, -0.2) is 4.79 Å². The number of hydrogen-bond acceptors (Lipinski definition) is 3. The summed E-state index contributed by atoms with van der Waals surface area (Å²) >= 11 is 0. The first-order valence-corrected chi connectivity index (χ1v) is 9.58. The Balaban J connectivity index is 1.85. The fourth-order valence-electron chi connectivity index (χ4n) is 4.16. The number of nitrogens with one attached hydrogen (secondary N) is 2. The Morgan fingerprint density at radius 1 is 1.04 bits per heavy atom. The first-order valence-electron chi connectivity index (χ1n) is 9.58. The van der Waals surface area contributed by atoms with Gasteiger partial charge in [-0.15, -0.1) is 0 Å². The molecule has 0 bridgehead atoms. The van der Waals surface area contributed by atoms with Crippen LogP contribution >= 0.6 is 0 Å². The van der Waals surface area contributed by atoms with Crippen molar-refractivity contribution in [2.45, 2.75) is 96.7 Å². The number of ether oxygens (including phenoxy) is 1. The first-order chi connectivity index (χ1) is 10.8. The molecule has 1 amide bonds. The van der Waals surface area contributed by atoms with Crippen LogP contribution in [0.4, 0.5) is 4.79 Å². The summed E-state index contributed by atoms with van der Waals surface area (Å²) in [5, 5.41) is 6.84. The molecule has 2 saturated carbocycles. The zero-order valence-electron chi connectivity index (χ0n) is 15.5. The summed E-state index contributed by atoms with van der Waals surface area (Å²) in [6, 6.07) is 0.921.